The summed E-state index contributed by atoms with van der Waals surface area (Å²) in [5, 5.41) is 8.76. The summed E-state index contributed by atoms with van der Waals surface area (Å²) < 4.78 is 10.2. The summed E-state index contributed by atoms with van der Waals surface area (Å²) in [4.78, 5) is 23.8. The van der Waals surface area contributed by atoms with Gasteiger partial charge in [-0.3, -0.25) is 4.79 Å². The number of fused-ring (bicyclic) bond motifs is 2. The van der Waals surface area contributed by atoms with Crippen molar-refractivity contribution in [2.75, 3.05) is 13.1 Å². The third-order valence-corrected chi connectivity index (χ3v) is 2.42. The molecule has 2 heterocycles. The van der Waals surface area contributed by atoms with Crippen molar-refractivity contribution in [1.82, 2.24) is 4.90 Å². The SMILES string of the molecule is CCN1CC2OC(C(=O)O)C(O2)C1=O. The first-order valence-corrected chi connectivity index (χ1v) is 4.46. The van der Waals surface area contributed by atoms with Crippen LogP contribution in [-0.2, 0) is 19.1 Å². The zero-order valence-corrected chi connectivity index (χ0v) is 7.67. The van der Waals surface area contributed by atoms with Crippen molar-refractivity contribution in [2.45, 2.75) is 25.4 Å². The fourth-order valence-electron chi connectivity index (χ4n) is 1.70. The minimum Gasteiger partial charge on any atom is -0.479 e. The number of aliphatic carboxylic acids is 1. The molecule has 0 aromatic rings. The molecule has 0 aromatic carbocycles. The van der Waals surface area contributed by atoms with Crippen LogP contribution >= 0.6 is 0 Å². The van der Waals surface area contributed by atoms with Crippen LogP contribution in [0, 0.1) is 0 Å². The average Bonchev–Trinajstić information content (AvgIpc) is 2.51. The molecule has 2 rings (SSSR count). The number of rotatable bonds is 2. The van der Waals surface area contributed by atoms with Gasteiger partial charge in [-0.15, -0.1) is 0 Å². The molecule has 2 saturated heterocycles. The summed E-state index contributed by atoms with van der Waals surface area (Å²) >= 11 is 0. The molecule has 14 heavy (non-hydrogen) atoms. The summed E-state index contributed by atoms with van der Waals surface area (Å²) in [6.07, 6.45) is -2.70. The minimum atomic E-state index is -1.15. The Hall–Kier alpha value is -1.14. The van der Waals surface area contributed by atoms with Crippen LogP contribution in [0.1, 0.15) is 6.92 Å². The van der Waals surface area contributed by atoms with E-state index in [2.05, 4.69) is 0 Å². The molecule has 3 atom stereocenters. The van der Waals surface area contributed by atoms with Gasteiger partial charge in [0.05, 0.1) is 6.54 Å². The second kappa shape index (κ2) is 3.21. The van der Waals surface area contributed by atoms with Crippen LogP contribution in [0.4, 0.5) is 0 Å². The van der Waals surface area contributed by atoms with Crippen LogP contribution in [0.25, 0.3) is 0 Å². The molecule has 6 nitrogen and oxygen atoms in total. The van der Waals surface area contributed by atoms with Crippen LogP contribution in [0.3, 0.4) is 0 Å². The summed E-state index contributed by atoms with van der Waals surface area (Å²) in [7, 11) is 0. The van der Waals surface area contributed by atoms with E-state index in [1.54, 1.807) is 4.90 Å². The van der Waals surface area contributed by atoms with Crippen LogP contribution < -0.4 is 0 Å². The first kappa shape index (κ1) is 9.42. The van der Waals surface area contributed by atoms with Gasteiger partial charge in [-0.1, -0.05) is 0 Å². The highest BCUT2D eigenvalue weighted by atomic mass is 16.7. The molecule has 1 N–H and O–H groups in total. The number of carboxylic acid groups (broad SMARTS) is 1. The molecule has 0 aliphatic carbocycles. The van der Waals surface area contributed by atoms with E-state index in [9.17, 15) is 9.59 Å². The normalized spacial score (nSPS) is 36.2. The van der Waals surface area contributed by atoms with Crippen molar-refractivity contribution < 1.29 is 24.2 Å². The predicted octanol–water partition coefficient (Wildman–Crippen LogP) is -0.957. The molecule has 0 radical (unpaired) electrons. The maximum absolute atomic E-state index is 11.6. The number of hydrogen-bond donors (Lipinski definition) is 1. The lowest BCUT2D eigenvalue weighted by molar-refractivity contribution is -0.161. The summed E-state index contributed by atoms with van der Waals surface area (Å²) in [5.41, 5.74) is 0. The smallest absolute Gasteiger partial charge is 0.336 e. The highest BCUT2D eigenvalue weighted by molar-refractivity contribution is 5.89. The van der Waals surface area contributed by atoms with Crippen molar-refractivity contribution in [1.29, 1.82) is 0 Å². The third-order valence-electron chi connectivity index (χ3n) is 2.42. The Morgan fingerprint density at radius 2 is 2.36 bits per heavy atom. The van der Waals surface area contributed by atoms with E-state index in [4.69, 9.17) is 14.6 Å². The number of amides is 1. The zero-order chi connectivity index (χ0) is 10.3. The number of likely N-dealkylation sites (N-methyl/N-ethyl adjacent to an activating group) is 1. The quantitative estimate of drug-likeness (QED) is 0.623. The molecule has 2 fully saturated rings. The van der Waals surface area contributed by atoms with Crippen molar-refractivity contribution in [2.24, 2.45) is 0 Å². The third kappa shape index (κ3) is 1.27. The van der Waals surface area contributed by atoms with Gasteiger partial charge in [0.15, 0.2) is 18.5 Å². The number of morpholine rings is 1. The Bertz CT molecular complexity index is 279. The van der Waals surface area contributed by atoms with Crippen LogP contribution in [0.5, 0.6) is 0 Å². The molecular weight excluding hydrogens is 190 g/mol. The molecule has 6 heteroatoms. The molecule has 0 spiro atoms. The molecule has 2 aliphatic rings. The minimum absolute atomic E-state index is 0.298. The maximum atomic E-state index is 11.6. The van der Waals surface area contributed by atoms with Gasteiger partial charge in [0, 0.05) is 6.54 Å². The monoisotopic (exact) mass is 201 g/mol. The van der Waals surface area contributed by atoms with Gasteiger partial charge >= 0.3 is 5.97 Å². The van der Waals surface area contributed by atoms with E-state index < -0.39 is 24.5 Å². The number of hydrogen-bond acceptors (Lipinski definition) is 4. The molecule has 2 bridgehead atoms. The number of ether oxygens (including phenoxy) is 2. The van der Waals surface area contributed by atoms with Crippen LogP contribution in [-0.4, -0.2) is 53.5 Å². The van der Waals surface area contributed by atoms with E-state index in [0.717, 1.165) is 0 Å². The molecule has 0 saturated carbocycles. The van der Waals surface area contributed by atoms with E-state index in [-0.39, 0.29) is 5.91 Å². The fourth-order valence-corrected chi connectivity index (χ4v) is 1.70. The number of carboxylic acids is 1. The van der Waals surface area contributed by atoms with Gasteiger partial charge in [-0.05, 0) is 6.92 Å². The predicted molar refractivity (Wildman–Crippen MR) is 43.4 cm³/mol. The van der Waals surface area contributed by atoms with E-state index in [1.807, 2.05) is 6.92 Å². The summed E-state index contributed by atoms with van der Waals surface area (Å²) in [5.74, 6) is -1.45. The first-order chi connectivity index (χ1) is 6.63. The average molecular weight is 201 g/mol. The molecule has 78 valence electrons. The fraction of sp³-hybridized carbons (Fsp3) is 0.750. The Labute approximate surface area is 80.4 Å². The van der Waals surface area contributed by atoms with Gasteiger partial charge < -0.3 is 19.5 Å². The van der Waals surface area contributed by atoms with Crippen molar-refractivity contribution in [3.63, 3.8) is 0 Å². The van der Waals surface area contributed by atoms with Gasteiger partial charge in [0.1, 0.15) is 0 Å². The van der Waals surface area contributed by atoms with Gasteiger partial charge in [0.25, 0.3) is 5.91 Å². The Morgan fingerprint density at radius 1 is 1.64 bits per heavy atom. The molecule has 1 amide bonds. The summed E-state index contributed by atoms with van der Waals surface area (Å²) in [6, 6.07) is 0. The van der Waals surface area contributed by atoms with Crippen molar-refractivity contribution >= 4 is 11.9 Å². The van der Waals surface area contributed by atoms with Crippen molar-refractivity contribution in [3.8, 4) is 0 Å². The van der Waals surface area contributed by atoms with Gasteiger partial charge in [-0.25, -0.2) is 4.79 Å². The maximum Gasteiger partial charge on any atom is 0.336 e. The highest BCUT2D eigenvalue weighted by Crippen LogP contribution is 2.26. The van der Waals surface area contributed by atoms with Crippen LogP contribution in [0.15, 0.2) is 0 Å². The molecule has 3 unspecified atom stereocenters. The van der Waals surface area contributed by atoms with Crippen molar-refractivity contribution in [3.05, 3.63) is 0 Å². The topological polar surface area (TPSA) is 76.1 Å². The molecule has 0 aromatic heterocycles. The Kier molecular flexibility index (Phi) is 2.16. The number of carbonyl (C=O) groups excluding carboxylic acids is 1. The molecular formula is C8H11NO5. The lowest BCUT2D eigenvalue weighted by Crippen LogP contribution is -2.50. The number of nitrogens with zero attached hydrogens (tertiary/aromatic N) is 1. The lowest BCUT2D eigenvalue weighted by atomic mass is 10.2. The zero-order valence-electron chi connectivity index (χ0n) is 7.67. The van der Waals surface area contributed by atoms with Crippen LogP contribution in [0.2, 0.25) is 0 Å². The van der Waals surface area contributed by atoms with E-state index in [0.29, 0.717) is 13.1 Å². The lowest BCUT2D eigenvalue weighted by Gasteiger charge is -2.29. The summed E-state index contributed by atoms with van der Waals surface area (Å²) in [6.45, 7) is 2.69. The van der Waals surface area contributed by atoms with E-state index in [1.165, 1.54) is 0 Å². The second-order valence-electron chi connectivity index (χ2n) is 3.26. The second-order valence-corrected chi connectivity index (χ2v) is 3.26. The largest absolute Gasteiger partial charge is 0.479 e. The Morgan fingerprint density at radius 3 is 2.93 bits per heavy atom. The first-order valence-electron chi connectivity index (χ1n) is 4.46. The van der Waals surface area contributed by atoms with E-state index >= 15 is 0 Å². The highest BCUT2D eigenvalue weighted by Gasteiger charge is 2.50. The standard InChI is InChI=1S/C8H11NO5/c1-2-9-3-4-13-5(7(9)10)6(14-4)8(11)12/h4-6H,2-3H2,1H3,(H,11,12). The molecule has 2 aliphatic heterocycles. The Balaban J connectivity index is 2.18. The van der Waals surface area contributed by atoms with Gasteiger partial charge in [0.2, 0.25) is 0 Å². The van der Waals surface area contributed by atoms with Gasteiger partial charge in [-0.2, -0.15) is 0 Å². The number of carbonyl (C=O) groups is 2.